The van der Waals surface area contributed by atoms with Gasteiger partial charge in [0, 0.05) is 0 Å². The number of hydrogen-bond donors (Lipinski definition) is 2. The molecule has 0 fully saturated rings. The van der Waals surface area contributed by atoms with Crippen LogP contribution in [0.3, 0.4) is 0 Å². The van der Waals surface area contributed by atoms with E-state index in [1.165, 1.54) is 0 Å². The number of rotatable bonds is 0. The largest absolute Gasteiger partial charge is 0.506 e. The van der Waals surface area contributed by atoms with Crippen LogP contribution in [0.2, 0.25) is 0 Å². The molecule has 0 amide bonds. The molecule has 2 rings (SSSR count). The summed E-state index contributed by atoms with van der Waals surface area (Å²) in [6, 6.07) is 4.80. The second kappa shape index (κ2) is 2.64. The Bertz CT molecular complexity index is 398. The molecule has 0 spiro atoms. The Hall–Kier alpha value is -1.71. The van der Waals surface area contributed by atoms with Gasteiger partial charge in [0.1, 0.15) is 17.0 Å². The minimum atomic E-state index is -0.800. The molecule has 0 saturated heterocycles. The van der Waals surface area contributed by atoms with E-state index in [0.29, 0.717) is 11.4 Å². The Balaban J connectivity index is 2.51. The molecule has 0 atom stereocenters. The van der Waals surface area contributed by atoms with Crippen molar-refractivity contribution in [2.45, 2.75) is 19.4 Å². The van der Waals surface area contributed by atoms with Gasteiger partial charge in [-0.05, 0) is 26.0 Å². The Morgan fingerprint density at radius 1 is 1.43 bits per heavy atom. The number of esters is 1. The van der Waals surface area contributed by atoms with Gasteiger partial charge in [0.05, 0.1) is 0 Å². The van der Waals surface area contributed by atoms with Crippen molar-refractivity contribution in [3.8, 4) is 11.5 Å². The van der Waals surface area contributed by atoms with E-state index in [9.17, 15) is 9.90 Å². The standard InChI is InChI=1S/C10H11NO3/c1-10(2)9(13)14-7-5-3-4-6(12)8(7)11-10/h3-5,11-12H,1-2H3. The maximum Gasteiger partial charge on any atom is 0.336 e. The van der Waals surface area contributed by atoms with Gasteiger partial charge in [-0.1, -0.05) is 6.07 Å². The van der Waals surface area contributed by atoms with Crippen LogP contribution in [0.4, 0.5) is 5.69 Å². The van der Waals surface area contributed by atoms with Crippen LogP contribution in [0.5, 0.6) is 11.5 Å². The van der Waals surface area contributed by atoms with Gasteiger partial charge in [-0.15, -0.1) is 0 Å². The first-order chi connectivity index (χ1) is 6.50. The predicted molar refractivity (Wildman–Crippen MR) is 51.4 cm³/mol. The smallest absolute Gasteiger partial charge is 0.336 e. The normalized spacial score (nSPS) is 18.0. The lowest BCUT2D eigenvalue weighted by atomic mass is 10.0. The van der Waals surface area contributed by atoms with Crippen LogP contribution >= 0.6 is 0 Å². The van der Waals surface area contributed by atoms with E-state index in [-0.39, 0.29) is 11.7 Å². The van der Waals surface area contributed by atoms with Crippen LogP contribution in [0.15, 0.2) is 18.2 Å². The minimum Gasteiger partial charge on any atom is -0.506 e. The highest BCUT2D eigenvalue weighted by Crippen LogP contribution is 2.39. The van der Waals surface area contributed by atoms with Gasteiger partial charge in [0.2, 0.25) is 0 Å². The minimum absolute atomic E-state index is 0.0862. The molecule has 2 N–H and O–H groups in total. The van der Waals surface area contributed by atoms with Crippen molar-refractivity contribution >= 4 is 11.7 Å². The zero-order chi connectivity index (χ0) is 10.3. The molecular formula is C10H11NO3. The molecule has 74 valence electrons. The quantitative estimate of drug-likeness (QED) is 0.372. The molecule has 1 aromatic rings. The number of anilines is 1. The number of phenols is 1. The van der Waals surface area contributed by atoms with E-state index in [4.69, 9.17) is 4.74 Å². The molecule has 0 radical (unpaired) electrons. The first kappa shape index (κ1) is 8.87. The van der Waals surface area contributed by atoms with Crippen LogP contribution in [0.1, 0.15) is 13.8 Å². The van der Waals surface area contributed by atoms with Gasteiger partial charge in [0.25, 0.3) is 0 Å². The van der Waals surface area contributed by atoms with Crippen LogP contribution in [-0.2, 0) is 4.79 Å². The highest BCUT2D eigenvalue weighted by atomic mass is 16.5. The van der Waals surface area contributed by atoms with Gasteiger partial charge < -0.3 is 15.2 Å². The molecule has 0 aliphatic carbocycles. The summed E-state index contributed by atoms with van der Waals surface area (Å²) in [6.45, 7) is 3.40. The van der Waals surface area contributed by atoms with Crippen molar-refractivity contribution in [3.63, 3.8) is 0 Å². The highest BCUT2D eigenvalue weighted by molar-refractivity contribution is 5.91. The van der Waals surface area contributed by atoms with E-state index in [1.807, 2.05) is 0 Å². The number of ether oxygens (including phenoxy) is 1. The van der Waals surface area contributed by atoms with Gasteiger partial charge in [-0.3, -0.25) is 0 Å². The van der Waals surface area contributed by atoms with Gasteiger partial charge >= 0.3 is 5.97 Å². The van der Waals surface area contributed by atoms with E-state index < -0.39 is 5.54 Å². The number of benzene rings is 1. The number of carbonyl (C=O) groups excluding carboxylic acids is 1. The summed E-state index contributed by atoms with van der Waals surface area (Å²) in [6.07, 6.45) is 0. The maximum atomic E-state index is 11.4. The van der Waals surface area contributed by atoms with E-state index in [2.05, 4.69) is 5.32 Å². The second-order valence-corrected chi connectivity index (χ2v) is 3.79. The third-order valence-corrected chi connectivity index (χ3v) is 2.15. The third-order valence-electron chi connectivity index (χ3n) is 2.15. The van der Waals surface area contributed by atoms with Crippen molar-refractivity contribution in [3.05, 3.63) is 18.2 Å². The van der Waals surface area contributed by atoms with Gasteiger partial charge in [-0.25, -0.2) is 4.79 Å². The first-order valence-electron chi connectivity index (χ1n) is 4.33. The molecule has 0 aromatic heterocycles. The van der Waals surface area contributed by atoms with Crippen LogP contribution in [0, 0.1) is 0 Å². The summed E-state index contributed by atoms with van der Waals surface area (Å²) < 4.78 is 5.07. The number of aromatic hydroxyl groups is 1. The summed E-state index contributed by atoms with van der Waals surface area (Å²) in [7, 11) is 0. The SMILES string of the molecule is CC1(C)Nc2c(O)cccc2OC1=O. The van der Waals surface area contributed by atoms with Crippen molar-refractivity contribution in [1.29, 1.82) is 0 Å². The molecule has 1 aromatic carbocycles. The van der Waals surface area contributed by atoms with Crippen molar-refractivity contribution in [2.75, 3.05) is 5.32 Å². The Kier molecular flexibility index (Phi) is 1.67. The lowest BCUT2D eigenvalue weighted by molar-refractivity contribution is -0.139. The third kappa shape index (κ3) is 1.19. The van der Waals surface area contributed by atoms with Crippen molar-refractivity contribution in [2.24, 2.45) is 0 Å². The number of carbonyl (C=O) groups is 1. The van der Waals surface area contributed by atoms with Crippen LogP contribution in [-0.4, -0.2) is 16.6 Å². The highest BCUT2D eigenvalue weighted by Gasteiger charge is 2.36. The van der Waals surface area contributed by atoms with E-state index in [1.54, 1.807) is 32.0 Å². The fourth-order valence-corrected chi connectivity index (χ4v) is 1.32. The zero-order valence-electron chi connectivity index (χ0n) is 8.00. The fraction of sp³-hybridized carbons (Fsp3) is 0.300. The summed E-state index contributed by atoms with van der Waals surface area (Å²) in [5, 5.41) is 12.5. The molecule has 4 heteroatoms. The first-order valence-corrected chi connectivity index (χ1v) is 4.33. The topological polar surface area (TPSA) is 58.6 Å². The number of nitrogens with one attached hydrogen (secondary N) is 1. The van der Waals surface area contributed by atoms with Gasteiger partial charge in [0.15, 0.2) is 5.75 Å². The molecule has 0 bridgehead atoms. The summed E-state index contributed by atoms with van der Waals surface area (Å²) in [5.74, 6) is 0.105. The van der Waals surface area contributed by atoms with Crippen molar-refractivity contribution in [1.82, 2.24) is 0 Å². The van der Waals surface area contributed by atoms with Crippen molar-refractivity contribution < 1.29 is 14.6 Å². The number of hydrogen-bond acceptors (Lipinski definition) is 4. The Labute approximate surface area is 81.5 Å². The summed E-state index contributed by atoms with van der Waals surface area (Å²) in [5.41, 5.74) is -0.330. The van der Waals surface area contributed by atoms with E-state index in [0.717, 1.165) is 0 Å². The van der Waals surface area contributed by atoms with Crippen LogP contribution < -0.4 is 10.1 Å². The predicted octanol–water partition coefficient (Wildman–Crippen LogP) is 1.50. The Morgan fingerprint density at radius 3 is 2.86 bits per heavy atom. The number of para-hydroxylation sites is 1. The molecular weight excluding hydrogens is 182 g/mol. The van der Waals surface area contributed by atoms with Gasteiger partial charge in [-0.2, -0.15) is 0 Å². The molecule has 4 nitrogen and oxygen atoms in total. The monoisotopic (exact) mass is 193 g/mol. The average Bonchev–Trinajstić information content (AvgIpc) is 2.09. The maximum absolute atomic E-state index is 11.4. The average molecular weight is 193 g/mol. The van der Waals surface area contributed by atoms with Crippen LogP contribution in [0.25, 0.3) is 0 Å². The molecule has 1 aliphatic rings. The molecule has 0 saturated carbocycles. The lowest BCUT2D eigenvalue weighted by Gasteiger charge is -2.31. The molecule has 1 aliphatic heterocycles. The number of phenolic OH excluding ortho intramolecular Hbond substituents is 1. The summed E-state index contributed by atoms with van der Waals surface area (Å²) in [4.78, 5) is 11.4. The van der Waals surface area contributed by atoms with E-state index >= 15 is 0 Å². The Morgan fingerprint density at radius 2 is 2.14 bits per heavy atom. The molecule has 14 heavy (non-hydrogen) atoms. The fourth-order valence-electron chi connectivity index (χ4n) is 1.32. The molecule has 1 heterocycles. The number of fused-ring (bicyclic) bond motifs is 1. The second-order valence-electron chi connectivity index (χ2n) is 3.79. The summed E-state index contributed by atoms with van der Waals surface area (Å²) >= 11 is 0. The zero-order valence-corrected chi connectivity index (χ0v) is 8.00. The lowest BCUT2D eigenvalue weighted by Crippen LogP contribution is -2.46. The molecule has 0 unspecified atom stereocenters.